The van der Waals surface area contributed by atoms with Crippen molar-refractivity contribution in [2.45, 2.75) is 51.6 Å². The van der Waals surface area contributed by atoms with E-state index >= 15 is 0 Å². The van der Waals surface area contributed by atoms with Gasteiger partial charge in [0.2, 0.25) is 0 Å². The van der Waals surface area contributed by atoms with Gasteiger partial charge in [-0.15, -0.1) is 0 Å². The van der Waals surface area contributed by atoms with E-state index in [9.17, 15) is 0 Å². The highest BCUT2D eigenvalue weighted by atomic mass is 16.5. The second-order valence-electron chi connectivity index (χ2n) is 3.88. The molecule has 13 heavy (non-hydrogen) atoms. The van der Waals surface area contributed by atoms with Crippen molar-refractivity contribution in [2.24, 2.45) is 0 Å². The lowest BCUT2D eigenvalue weighted by Crippen LogP contribution is -2.18. The van der Waals surface area contributed by atoms with E-state index in [0.29, 0.717) is 6.10 Å². The number of ether oxygens (including phenoxy) is 1. The lowest BCUT2D eigenvalue weighted by molar-refractivity contribution is 0.0569. The molecule has 0 bridgehead atoms. The SMILES string of the molecule is CCCNCCCOC1CCCC1. The minimum Gasteiger partial charge on any atom is -0.378 e. The van der Waals surface area contributed by atoms with Crippen molar-refractivity contribution in [3.05, 3.63) is 0 Å². The first-order valence-corrected chi connectivity index (χ1v) is 5.76. The predicted octanol–water partition coefficient (Wildman–Crippen LogP) is 2.34. The zero-order chi connectivity index (χ0) is 9.36. The largest absolute Gasteiger partial charge is 0.378 e. The van der Waals surface area contributed by atoms with Crippen molar-refractivity contribution in [3.8, 4) is 0 Å². The first-order valence-electron chi connectivity index (χ1n) is 5.76. The van der Waals surface area contributed by atoms with Crippen LogP contribution in [0.5, 0.6) is 0 Å². The molecule has 0 aliphatic heterocycles. The fraction of sp³-hybridized carbons (Fsp3) is 1.00. The van der Waals surface area contributed by atoms with Crippen LogP contribution in [-0.4, -0.2) is 25.8 Å². The summed E-state index contributed by atoms with van der Waals surface area (Å²) in [4.78, 5) is 0. The van der Waals surface area contributed by atoms with Gasteiger partial charge < -0.3 is 10.1 Å². The molecule has 0 unspecified atom stereocenters. The summed E-state index contributed by atoms with van der Waals surface area (Å²) in [6, 6.07) is 0. The quantitative estimate of drug-likeness (QED) is 0.615. The molecule has 0 saturated heterocycles. The topological polar surface area (TPSA) is 21.3 Å². The number of rotatable bonds is 7. The molecule has 1 aliphatic rings. The van der Waals surface area contributed by atoms with Crippen molar-refractivity contribution >= 4 is 0 Å². The van der Waals surface area contributed by atoms with Crippen LogP contribution in [0, 0.1) is 0 Å². The highest BCUT2D eigenvalue weighted by Gasteiger charge is 2.14. The molecule has 1 fully saturated rings. The second kappa shape index (κ2) is 7.34. The van der Waals surface area contributed by atoms with Gasteiger partial charge in [-0.25, -0.2) is 0 Å². The fourth-order valence-electron chi connectivity index (χ4n) is 1.80. The Morgan fingerprint density at radius 3 is 2.69 bits per heavy atom. The maximum atomic E-state index is 5.74. The Morgan fingerprint density at radius 1 is 1.23 bits per heavy atom. The lowest BCUT2D eigenvalue weighted by Gasteiger charge is -2.10. The summed E-state index contributed by atoms with van der Waals surface area (Å²) in [5, 5.41) is 3.38. The minimum atomic E-state index is 0.589. The van der Waals surface area contributed by atoms with Gasteiger partial charge in [-0.3, -0.25) is 0 Å². The van der Waals surface area contributed by atoms with Gasteiger partial charge in [0.1, 0.15) is 0 Å². The first kappa shape index (κ1) is 11.0. The van der Waals surface area contributed by atoms with Crippen LogP contribution in [0.2, 0.25) is 0 Å². The second-order valence-corrected chi connectivity index (χ2v) is 3.88. The standard InChI is InChI=1S/C11H23NO/c1-2-8-12-9-5-10-13-11-6-3-4-7-11/h11-12H,2-10H2,1H3. The molecule has 1 saturated carbocycles. The molecular weight excluding hydrogens is 162 g/mol. The monoisotopic (exact) mass is 185 g/mol. The van der Waals surface area contributed by atoms with Gasteiger partial charge in [0, 0.05) is 6.61 Å². The summed E-state index contributed by atoms with van der Waals surface area (Å²) in [6.45, 7) is 5.40. The minimum absolute atomic E-state index is 0.589. The number of hydrogen-bond donors (Lipinski definition) is 1. The molecule has 0 spiro atoms. The van der Waals surface area contributed by atoms with Gasteiger partial charge in [-0.2, -0.15) is 0 Å². The van der Waals surface area contributed by atoms with Gasteiger partial charge in [-0.05, 0) is 38.8 Å². The molecule has 0 aromatic heterocycles. The van der Waals surface area contributed by atoms with E-state index in [4.69, 9.17) is 4.74 Å². The maximum Gasteiger partial charge on any atom is 0.0575 e. The third kappa shape index (κ3) is 5.27. The summed E-state index contributed by atoms with van der Waals surface area (Å²) in [6.07, 6.45) is 8.31. The Morgan fingerprint density at radius 2 is 2.00 bits per heavy atom. The average molecular weight is 185 g/mol. The number of nitrogens with one attached hydrogen (secondary N) is 1. The molecule has 0 radical (unpaired) electrons. The van der Waals surface area contributed by atoms with Crippen LogP contribution in [-0.2, 0) is 4.74 Å². The summed E-state index contributed by atoms with van der Waals surface area (Å²) >= 11 is 0. The molecule has 0 heterocycles. The van der Waals surface area contributed by atoms with Crippen LogP contribution in [0.1, 0.15) is 45.4 Å². The van der Waals surface area contributed by atoms with Gasteiger partial charge in [0.25, 0.3) is 0 Å². The molecule has 0 aromatic rings. The first-order chi connectivity index (χ1) is 6.43. The Kier molecular flexibility index (Phi) is 6.21. The molecule has 0 aromatic carbocycles. The molecule has 2 heteroatoms. The summed E-state index contributed by atoms with van der Waals surface area (Å²) in [7, 11) is 0. The average Bonchev–Trinajstić information content (AvgIpc) is 2.63. The van der Waals surface area contributed by atoms with E-state index in [1.54, 1.807) is 0 Å². The van der Waals surface area contributed by atoms with Crippen LogP contribution in [0.15, 0.2) is 0 Å². The van der Waals surface area contributed by atoms with E-state index in [-0.39, 0.29) is 0 Å². The normalized spacial score (nSPS) is 18.2. The van der Waals surface area contributed by atoms with Crippen molar-refractivity contribution in [1.82, 2.24) is 5.32 Å². The van der Waals surface area contributed by atoms with Crippen LogP contribution < -0.4 is 5.32 Å². The van der Waals surface area contributed by atoms with Crippen LogP contribution in [0.3, 0.4) is 0 Å². The van der Waals surface area contributed by atoms with Gasteiger partial charge in [0.15, 0.2) is 0 Å². The highest BCUT2D eigenvalue weighted by molar-refractivity contribution is 4.66. The molecule has 78 valence electrons. The van der Waals surface area contributed by atoms with Gasteiger partial charge in [-0.1, -0.05) is 19.8 Å². The zero-order valence-electron chi connectivity index (χ0n) is 8.85. The van der Waals surface area contributed by atoms with E-state index in [2.05, 4.69) is 12.2 Å². The number of hydrogen-bond acceptors (Lipinski definition) is 2. The molecule has 2 nitrogen and oxygen atoms in total. The lowest BCUT2D eigenvalue weighted by atomic mass is 10.3. The molecule has 1 rings (SSSR count). The van der Waals surface area contributed by atoms with E-state index < -0.39 is 0 Å². The Hall–Kier alpha value is -0.0800. The van der Waals surface area contributed by atoms with Crippen molar-refractivity contribution in [3.63, 3.8) is 0 Å². The molecule has 0 atom stereocenters. The smallest absolute Gasteiger partial charge is 0.0575 e. The zero-order valence-corrected chi connectivity index (χ0v) is 8.85. The molecule has 0 amide bonds. The third-order valence-electron chi connectivity index (χ3n) is 2.58. The summed E-state index contributed by atoms with van der Waals surface area (Å²) < 4.78 is 5.74. The van der Waals surface area contributed by atoms with Crippen molar-refractivity contribution in [1.29, 1.82) is 0 Å². The van der Waals surface area contributed by atoms with E-state index in [0.717, 1.165) is 26.1 Å². The fourth-order valence-corrected chi connectivity index (χ4v) is 1.80. The Labute approximate surface area is 82.0 Å². The summed E-state index contributed by atoms with van der Waals surface area (Å²) in [5.41, 5.74) is 0. The van der Waals surface area contributed by atoms with Crippen molar-refractivity contribution in [2.75, 3.05) is 19.7 Å². The highest BCUT2D eigenvalue weighted by Crippen LogP contribution is 2.20. The van der Waals surface area contributed by atoms with Crippen LogP contribution in [0.25, 0.3) is 0 Å². The Bertz CT molecular complexity index is 111. The van der Waals surface area contributed by atoms with E-state index in [1.807, 2.05) is 0 Å². The third-order valence-corrected chi connectivity index (χ3v) is 2.58. The van der Waals surface area contributed by atoms with Crippen molar-refractivity contribution < 1.29 is 4.74 Å². The maximum absolute atomic E-state index is 5.74. The molecule has 1 N–H and O–H groups in total. The Balaban J connectivity index is 1.78. The predicted molar refractivity (Wildman–Crippen MR) is 56.0 cm³/mol. The van der Waals surface area contributed by atoms with E-state index in [1.165, 1.54) is 32.1 Å². The van der Waals surface area contributed by atoms with Crippen LogP contribution >= 0.6 is 0 Å². The molecule has 1 aliphatic carbocycles. The van der Waals surface area contributed by atoms with Gasteiger partial charge >= 0.3 is 0 Å². The van der Waals surface area contributed by atoms with Crippen LogP contribution in [0.4, 0.5) is 0 Å². The molecular formula is C11H23NO. The summed E-state index contributed by atoms with van der Waals surface area (Å²) in [5.74, 6) is 0. The van der Waals surface area contributed by atoms with Gasteiger partial charge in [0.05, 0.1) is 6.10 Å².